The quantitative estimate of drug-likeness (QED) is 0.838. The van der Waals surface area contributed by atoms with E-state index < -0.39 is 17.6 Å². The third-order valence-electron chi connectivity index (χ3n) is 2.17. The summed E-state index contributed by atoms with van der Waals surface area (Å²) < 4.78 is 40.1. The lowest BCUT2D eigenvalue weighted by atomic mass is 10.3. The summed E-state index contributed by atoms with van der Waals surface area (Å²) in [7, 11) is 1.72. The third kappa shape index (κ3) is 2.76. The highest BCUT2D eigenvalue weighted by molar-refractivity contribution is 5.36. The summed E-state index contributed by atoms with van der Waals surface area (Å²) in [6.07, 6.45) is 1.95. The molecule has 0 amide bonds. The van der Waals surface area contributed by atoms with Gasteiger partial charge in [0, 0.05) is 26.1 Å². The number of nitrogens with one attached hydrogen (secondary N) is 1. The van der Waals surface area contributed by atoms with E-state index >= 15 is 0 Å². The van der Waals surface area contributed by atoms with Crippen LogP contribution in [0.15, 0.2) is 12.4 Å². The average molecular weight is 257 g/mol. The van der Waals surface area contributed by atoms with E-state index in [2.05, 4.69) is 20.4 Å². The van der Waals surface area contributed by atoms with Crippen molar-refractivity contribution in [2.45, 2.75) is 6.42 Å². The highest BCUT2D eigenvalue weighted by Gasteiger charge is 2.11. The second kappa shape index (κ2) is 5.03. The van der Waals surface area contributed by atoms with E-state index in [9.17, 15) is 13.2 Å². The molecule has 0 aromatic carbocycles. The minimum Gasteiger partial charge on any atom is -0.367 e. The lowest BCUT2D eigenvalue weighted by Crippen LogP contribution is -2.10. The Morgan fingerprint density at radius 3 is 2.72 bits per heavy atom. The molecule has 0 bridgehead atoms. The molecule has 0 radical (unpaired) electrons. The fourth-order valence-electron chi connectivity index (χ4n) is 1.36. The number of pyridine rings is 1. The zero-order chi connectivity index (χ0) is 13.1. The summed E-state index contributed by atoms with van der Waals surface area (Å²) in [5, 5.41) is 6.57. The Bertz CT molecular complexity index is 554. The van der Waals surface area contributed by atoms with Crippen molar-refractivity contribution in [2.75, 3.05) is 11.9 Å². The van der Waals surface area contributed by atoms with Gasteiger partial charge in [0.2, 0.25) is 0 Å². The van der Waals surface area contributed by atoms with E-state index in [1.54, 1.807) is 7.05 Å². The van der Waals surface area contributed by atoms with Crippen LogP contribution in [0.5, 0.6) is 0 Å². The number of aryl methyl sites for hydroxylation is 1. The van der Waals surface area contributed by atoms with Crippen molar-refractivity contribution in [2.24, 2.45) is 7.05 Å². The summed E-state index contributed by atoms with van der Waals surface area (Å²) in [6.45, 7) is 0.263. The molecule has 18 heavy (non-hydrogen) atoms. The van der Waals surface area contributed by atoms with Gasteiger partial charge in [-0.05, 0) is 0 Å². The topological polar surface area (TPSA) is 55.6 Å². The van der Waals surface area contributed by atoms with Crippen LogP contribution in [-0.4, -0.2) is 26.3 Å². The molecule has 0 saturated carbocycles. The molecular weight excluding hydrogens is 247 g/mol. The molecule has 0 unspecified atom stereocenters. The van der Waals surface area contributed by atoms with Gasteiger partial charge in [-0.2, -0.15) is 14.5 Å². The zero-order valence-corrected chi connectivity index (χ0v) is 9.49. The SMILES string of the molecule is Cn1cnc(CCNc2nc(F)c(F)cc2F)n1. The lowest BCUT2D eigenvalue weighted by molar-refractivity contribution is 0.466. The van der Waals surface area contributed by atoms with Gasteiger partial charge < -0.3 is 5.32 Å². The van der Waals surface area contributed by atoms with Crippen LogP contribution in [0.25, 0.3) is 0 Å². The second-order valence-electron chi connectivity index (χ2n) is 3.60. The van der Waals surface area contributed by atoms with Gasteiger partial charge in [0.25, 0.3) is 5.95 Å². The predicted molar refractivity (Wildman–Crippen MR) is 57.3 cm³/mol. The van der Waals surface area contributed by atoms with Gasteiger partial charge >= 0.3 is 0 Å². The number of hydrogen-bond acceptors (Lipinski definition) is 4. The molecule has 2 heterocycles. The van der Waals surface area contributed by atoms with Crippen LogP contribution in [0.1, 0.15) is 5.82 Å². The molecule has 5 nitrogen and oxygen atoms in total. The van der Waals surface area contributed by atoms with Crippen LogP contribution < -0.4 is 5.32 Å². The van der Waals surface area contributed by atoms with E-state index in [-0.39, 0.29) is 12.4 Å². The Morgan fingerprint density at radius 1 is 1.28 bits per heavy atom. The molecular formula is C10H10F3N5. The summed E-state index contributed by atoms with van der Waals surface area (Å²) in [5.41, 5.74) is 0. The average Bonchev–Trinajstić information content (AvgIpc) is 2.71. The lowest BCUT2D eigenvalue weighted by Gasteiger charge is -2.05. The molecule has 0 aliphatic heterocycles. The molecule has 2 rings (SSSR count). The van der Waals surface area contributed by atoms with Crippen LogP contribution in [0.4, 0.5) is 19.0 Å². The van der Waals surface area contributed by atoms with Gasteiger partial charge in [0.05, 0.1) is 0 Å². The molecule has 8 heteroatoms. The Balaban J connectivity index is 1.96. The third-order valence-corrected chi connectivity index (χ3v) is 2.17. The minimum atomic E-state index is -1.34. The monoisotopic (exact) mass is 257 g/mol. The van der Waals surface area contributed by atoms with Gasteiger partial charge in [-0.15, -0.1) is 0 Å². The summed E-state index contributed by atoms with van der Waals surface area (Å²) in [5.74, 6) is -3.36. The van der Waals surface area contributed by atoms with Crippen molar-refractivity contribution in [1.29, 1.82) is 0 Å². The normalized spacial score (nSPS) is 10.7. The van der Waals surface area contributed by atoms with Gasteiger partial charge in [-0.1, -0.05) is 0 Å². The fourth-order valence-corrected chi connectivity index (χ4v) is 1.36. The summed E-state index contributed by atoms with van der Waals surface area (Å²) in [6, 6.07) is 0.448. The van der Waals surface area contributed by atoms with Crippen molar-refractivity contribution in [3.63, 3.8) is 0 Å². The Labute approximate surface area is 101 Å². The number of halogens is 3. The Kier molecular flexibility index (Phi) is 3.45. The molecule has 2 aromatic heterocycles. The van der Waals surface area contributed by atoms with E-state index in [1.807, 2.05) is 0 Å². The predicted octanol–water partition coefficient (Wildman–Crippen LogP) is 1.28. The molecule has 1 N–H and O–H groups in total. The first-order chi connectivity index (χ1) is 8.56. The standard InChI is InChI=1S/C10H10F3N5/c1-18-5-15-8(17-18)2-3-14-10-7(12)4-6(11)9(13)16-10/h4-5H,2-3H2,1H3,(H,14,16). The van der Waals surface area contributed by atoms with Gasteiger partial charge in [0.1, 0.15) is 6.33 Å². The number of hydrogen-bond donors (Lipinski definition) is 1. The van der Waals surface area contributed by atoms with Gasteiger partial charge in [-0.25, -0.2) is 13.8 Å². The van der Waals surface area contributed by atoms with E-state index in [0.717, 1.165) is 0 Å². The maximum absolute atomic E-state index is 13.2. The Hall–Kier alpha value is -2.12. The second-order valence-corrected chi connectivity index (χ2v) is 3.60. The van der Waals surface area contributed by atoms with Crippen molar-refractivity contribution < 1.29 is 13.2 Å². The first-order valence-corrected chi connectivity index (χ1v) is 5.16. The number of nitrogens with zero attached hydrogens (tertiary/aromatic N) is 4. The van der Waals surface area contributed by atoms with Crippen molar-refractivity contribution in [3.8, 4) is 0 Å². The number of aromatic nitrogens is 4. The maximum Gasteiger partial charge on any atom is 0.251 e. The van der Waals surface area contributed by atoms with Crippen LogP contribution in [-0.2, 0) is 13.5 Å². The molecule has 0 saturated heterocycles. The number of anilines is 1. The van der Waals surface area contributed by atoms with E-state index in [4.69, 9.17) is 0 Å². The minimum absolute atomic E-state index is 0.263. The van der Waals surface area contributed by atoms with Gasteiger partial charge in [0.15, 0.2) is 23.3 Å². The van der Waals surface area contributed by atoms with Crippen LogP contribution in [0.2, 0.25) is 0 Å². The first kappa shape index (κ1) is 12.3. The number of rotatable bonds is 4. The maximum atomic E-state index is 13.2. The Morgan fingerprint density at radius 2 is 2.06 bits per heavy atom. The van der Waals surface area contributed by atoms with Crippen molar-refractivity contribution in [1.82, 2.24) is 19.7 Å². The van der Waals surface area contributed by atoms with Crippen LogP contribution in [0.3, 0.4) is 0 Å². The summed E-state index contributed by atoms with van der Waals surface area (Å²) in [4.78, 5) is 7.10. The van der Waals surface area contributed by atoms with Crippen molar-refractivity contribution in [3.05, 3.63) is 35.8 Å². The molecule has 96 valence electrons. The highest BCUT2D eigenvalue weighted by Crippen LogP contribution is 2.13. The van der Waals surface area contributed by atoms with E-state index in [0.29, 0.717) is 18.3 Å². The largest absolute Gasteiger partial charge is 0.367 e. The molecule has 2 aromatic rings. The fraction of sp³-hybridized carbons (Fsp3) is 0.300. The zero-order valence-electron chi connectivity index (χ0n) is 9.49. The molecule has 0 atom stereocenters. The van der Waals surface area contributed by atoms with Crippen LogP contribution >= 0.6 is 0 Å². The summed E-state index contributed by atoms with van der Waals surface area (Å²) >= 11 is 0. The van der Waals surface area contributed by atoms with E-state index in [1.165, 1.54) is 11.0 Å². The smallest absolute Gasteiger partial charge is 0.251 e. The molecule has 0 aliphatic rings. The van der Waals surface area contributed by atoms with Crippen molar-refractivity contribution >= 4 is 5.82 Å². The van der Waals surface area contributed by atoms with Gasteiger partial charge in [-0.3, -0.25) is 4.68 Å². The van der Waals surface area contributed by atoms with Crippen LogP contribution in [0, 0.1) is 17.6 Å². The first-order valence-electron chi connectivity index (χ1n) is 5.16. The highest BCUT2D eigenvalue weighted by atomic mass is 19.2. The molecule has 0 fully saturated rings. The molecule has 0 aliphatic carbocycles. The molecule has 0 spiro atoms.